The number of hydrogen-bond acceptors (Lipinski definition) is 5. The lowest BCUT2D eigenvalue weighted by molar-refractivity contribution is 0.215. The number of halogens is 1. The van der Waals surface area contributed by atoms with Crippen LogP contribution in [0.4, 0.5) is 0 Å². The van der Waals surface area contributed by atoms with Crippen LogP contribution in [0.2, 0.25) is 0 Å². The molecule has 0 spiro atoms. The maximum atomic E-state index is 5.76. The van der Waals surface area contributed by atoms with Gasteiger partial charge in [-0.25, -0.2) is 0 Å². The second-order valence-electron chi connectivity index (χ2n) is 8.64. The third kappa shape index (κ3) is 6.86. The first-order chi connectivity index (χ1) is 15.8. The summed E-state index contributed by atoms with van der Waals surface area (Å²) in [7, 11) is 3.56. The Hall–Kier alpha value is -1.78. The number of hydrogen-bond donors (Lipinski definition) is 2. The molecule has 2 atom stereocenters. The summed E-state index contributed by atoms with van der Waals surface area (Å²) >= 11 is 0. The third-order valence-corrected chi connectivity index (χ3v) is 6.66. The van der Waals surface area contributed by atoms with Crippen LogP contribution in [0.5, 0.6) is 5.75 Å². The van der Waals surface area contributed by atoms with Crippen LogP contribution in [0, 0.1) is 0 Å². The Bertz CT molecular complexity index is 848. The zero-order valence-corrected chi connectivity index (χ0v) is 22.2. The fraction of sp³-hybridized carbons (Fsp3) is 0.560. The van der Waals surface area contributed by atoms with Crippen LogP contribution >= 0.6 is 24.0 Å². The second-order valence-corrected chi connectivity index (χ2v) is 8.64. The summed E-state index contributed by atoms with van der Waals surface area (Å²) < 4.78 is 11.2. The molecule has 0 radical (unpaired) electrons. The molecule has 0 saturated carbocycles. The molecule has 8 heteroatoms. The fourth-order valence-corrected chi connectivity index (χ4v) is 4.91. The van der Waals surface area contributed by atoms with E-state index in [0.29, 0.717) is 0 Å². The molecule has 33 heavy (non-hydrogen) atoms. The van der Waals surface area contributed by atoms with Gasteiger partial charge in [-0.1, -0.05) is 12.1 Å². The smallest absolute Gasteiger partial charge is 0.191 e. The highest BCUT2D eigenvalue weighted by molar-refractivity contribution is 14.0. The molecule has 2 fully saturated rings. The number of furan rings is 1. The van der Waals surface area contributed by atoms with Gasteiger partial charge in [0.05, 0.1) is 25.5 Å². The fourth-order valence-electron chi connectivity index (χ4n) is 4.91. The lowest BCUT2D eigenvalue weighted by Crippen LogP contribution is -2.45. The number of guanidine groups is 1. The first-order valence-corrected chi connectivity index (χ1v) is 11.9. The van der Waals surface area contributed by atoms with E-state index in [0.717, 1.165) is 56.7 Å². The average Bonchev–Trinajstić information content (AvgIpc) is 3.62. The van der Waals surface area contributed by atoms with Crippen molar-refractivity contribution in [3.63, 3.8) is 0 Å². The van der Waals surface area contributed by atoms with E-state index < -0.39 is 0 Å². The summed E-state index contributed by atoms with van der Waals surface area (Å²) in [5.74, 6) is 2.75. The molecule has 2 unspecified atom stereocenters. The van der Waals surface area contributed by atoms with Gasteiger partial charge in [-0.05, 0) is 81.7 Å². The Labute approximate surface area is 215 Å². The number of methoxy groups -OCH3 is 1. The number of nitrogens with zero attached hydrogens (tertiary/aromatic N) is 3. The van der Waals surface area contributed by atoms with Crippen LogP contribution in [0.15, 0.2) is 52.1 Å². The molecule has 0 amide bonds. The summed E-state index contributed by atoms with van der Waals surface area (Å²) in [5.41, 5.74) is 1.28. The average molecular weight is 568 g/mol. The summed E-state index contributed by atoms with van der Waals surface area (Å²) in [4.78, 5) is 9.56. The molecular weight excluding hydrogens is 529 g/mol. The molecule has 4 rings (SSSR count). The standard InChI is InChI=1S/C25H37N5O2.HI/c1-26-25(28-19-23(24-11-8-16-32-24)30-14-5-6-15-30)27-18-22(29-12-3-4-13-29)20-9-7-10-21(17-20)31-2;/h7-11,16-17,22-23H,3-6,12-15,18-19H2,1-2H3,(H2,26,27,28);1H. The molecule has 182 valence electrons. The summed E-state index contributed by atoms with van der Waals surface area (Å²) in [6.45, 7) is 6.05. The Morgan fingerprint density at radius 3 is 2.18 bits per heavy atom. The van der Waals surface area contributed by atoms with Gasteiger partial charge in [-0.15, -0.1) is 24.0 Å². The van der Waals surface area contributed by atoms with Gasteiger partial charge in [0.25, 0.3) is 0 Å². The van der Waals surface area contributed by atoms with Gasteiger partial charge in [0.1, 0.15) is 11.5 Å². The van der Waals surface area contributed by atoms with E-state index in [4.69, 9.17) is 9.15 Å². The lowest BCUT2D eigenvalue weighted by Gasteiger charge is -2.30. The van der Waals surface area contributed by atoms with Crippen molar-refractivity contribution in [1.82, 2.24) is 20.4 Å². The Morgan fingerprint density at radius 1 is 0.970 bits per heavy atom. The van der Waals surface area contributed by atoms with E-state index in [1.165, 1.54) is 31.2 Å². The normalized spacial score (nSPS) is 19.2. The van der Waals surface area contributed by atoms with E-state index in [2.05, 4.69) is 49.7 Å². The van der Waals surface area contributed by atoms with E-state index in [1.807, 2.05) is 19.2 Å². The molecule has 2 saturated heterocycles. The SMILES string of the molecule is CN=C(NCC(c1cccc(OC)c1)N1CCCC1)NCC(c1ccco1)N1CCCC1.I. The van der Waals surface area contributed by atoms with Crippen molar-refractivity contribution in [1.29, 1.82) is 0 Å². The molecule has 1 aromatic carbocycles. The van der Waals surface area contributed by atoms with E-state index in [1.54, 1.807) is 13.4 Å². The van der Waals surface area contributed by atoms with Crippen LogP contribution < -0.4 is 15.4 Å². The highest BCUT2D eigenvalue weighted by atomic mass is 127. The maximum absolute atomic E-state index is 5.76. The van der Waals surface area contributed by atoms with E-state index in [9.17, 15) is 0 Å². The van der Waals surface area contributed by atoms with Crippen LogP contribution in [-0.4, -0.2) is 69.2 Å². The van der Waals surface area contributed by atoms with Crippen molar-refractivity contribution in [2.45, 2.75) is 37.8 Å². The van der Waals surface area contributed by atoms with Crippen molar-refractivity contribution in [3.8, 4) is 5.75 Å². The molecule has 2 N–H and O–H groups in total. The number of likely N-dealkylation sites (tertiary alicyclic amines) is 2. The Morgan fingerprint density at radius 2 is 1.61 bits per heavy atom. The largest absolute Gasteiger partial charge is 0.497 e. The van der Waals surface area contributed by atoms with Crippen molar-refractivity contribution in [2.24, 2.45) is 4.99 Å². The monoisotopic (exact) mass is 567 g/mol. The molecule has 3 heterocycles. The minimum absolute atomic E-state index is 0. The van der Waals surface area contributed by atoms with Gasteiger partial charge in [0, 0.05) is 20.1 Å². The van der Waals surface area contributed by atoms with Crippen molar-refractivity contribution in [2.75, 3.05) is 53.4 Å². The molecule has 2 aliphatic rings. The van der Waals surface area contributed by atoms with Crippen LogP contribution in [-0.2, 0) is 0 Å². The second kappa shape index (κ2) is 13.2. The molecule has 2 aromatic rings. The highest BCUT2D eigenvalue weighted by Crippen LogP contribution is 2.27. The minimum Gasteiger partial charge on any atom is -0.497 e. The van der Waals surface area contributed by atoms with Crippen molar-refractivity contribution < 1.29 is 9.15 Å². The van der Waals surface area contributed by atoms with Gasteiger partial charge in [-0.3, -0.25) is 14.8 Å². The number of ether oxygens (including phenoxy) is 1. The van der Waals surface area contributed by atoms with Crippen LogP contribution in [0.25, 0.3) is 0 Å². The first-order valence-electron chi connectivity index (χ1n) is 11.9. The zero-order valence-electron chi connectivity index (χ0n) is 19.8. The maximum Gasteiger partial charge on any atom is 0.191 e. The number of nitrogens with one attached hydrogen (secondary N) is 2. The summed E-state index contributed by atoms with van der Waals surface area (Å²) in [5, 5.41) is 7.13. The topological polar surface area (TPSA) is 65.3 Å². The molecule has 1 aromatic heterocycles. The van der Waals surface area contributed by atoms with Crippen molar-refractivity contribution in [3.05, 3.63) is 54.0 Å². The number of benzene rings is 1. The van der Waals surface area contributed by atoms with Gasteiger partial charge < -0.3 is 19.8 Å². The third-order valence-electron chi connectivity index (χ3n) is 6.66. The summed E-state index contributed by atoms with van der Waals surface area (Å²) in [6.07, 6.45) is 6.78. The number of rotatable bonds is 9. The first kappa shape index (κ1) is 25.8. The van der Waals surface area contributed by atoms with E-state index in [-0.39, 0.29) is 36.1 Å². The van der Waals surface area contributed by atoms with E-state index >= 15 is 0 Å². The van der Waals surface area contributed by atoms with Gasteiger partial charge >= 0.3 is 0 Å². The van der Waals surface area contributed by atoms with Crippen LogP contribution in [0.1, 0.15) is 49.1 Å². The molecule has 0 aliphatic carbocycles. The summed E-state index contributed by atoms with van der Waals surface area (Å²) in [6, 6.07) is 13.0. The predicted octanol–water partition coefficient (Wildman–Crippen LogP) is 4.05. The zero-order chi connectivity index (χ0) is 22.2. The minimum atomic E-state index is 0. The van der Waals surface area contributed by atoms with Gasteiger partial charge in [0.2, 0.25) is 0 Å². The molecule has 2 aliphatic heterocycles. The Kier molecular flexibility index (Phi) is 10.3. The molecular formula is C25H38IN5O2. The van der Waals surface area contributed by atoms with Gasteiger partial charge in [0.15, 0.2) is 5.96 Å². The van der Waals surface area contributed by atoms with Crippen molar-refractivity contribution >= 4 is 29.9 Å². The van der Waals surface area contributed by atoms with Gasteiger partial charge in [-0.2, -0.15) is 0 Å². The quantitative estimate of drug-likeness (QED) is 0.271. The predicted molar refractivity (Wildman–Crippen MR) is 144 cm³/mol. The molecule has 0 bridgehead atoms. The molecule has 7 nitrogen and oxygen atoms in total. The highest BCUT2D eigenvalue weighted by Gasteiger charge is 2.27. The lowest BCUT2D eigenvalue weighted by atomic mass is 10.1. The van der Waals surface area contributed by atoms with Crippen LogP contribution in [0.3, 0.4) is 0 Å². The number of aliphatic imine (C=N–C) groups is 1. The Balaban J connectivity index is 0.00000306.